The van der Waals surface area contributed by atoms with Gasteiger partial charge in [0.1, 0.15) is 5.75 Å². The Kier molecular flexibility index (Phi) is 7.31. The number of esters is 1. The SMILES string of the molecule is CCOc1cc(C=NNC(=O)c2cccnc2)ccc1OC(=O)c1ccc(OC)cc1. The van der Waals surface area contributed by atoms with Crippen LogP contribution in [0.1, 0.15) is 33.2 Å². The molecule has 0 aliphatic carbocycles. The summed E-state index contributed by atoms with van der Waals surface area (Å²) in [6.45, 7) is 2.20. The molecule has 0 aliphatic heterocycles. The third-order valence-corrected chi connectivity index (χ3v) is 4.10. The van der Waals surface area contributed by atoms with E-state index in [1.807, 2.05) is 6.92 Å². The number of aromatic nitrogens is 1. The Balaban J connectivity index is 1.69. The summed E-state index contributed by atoms with van der Waals surface area (Å²) in [5.41, 5.74) is 3.86. The second-order valence-corrected chi connectivity index (χ2v) is 6.20. The second kappa shape index (κ2) is 10.5. The summed E-state index contributed by atoms with van der Waals surface area (Å²) < 4.78 is 16.2. The van der Waals surface area contributed by atoms with E-state index < -0.39 is 5.97 Å². The smallest absolute Gasteiger partial charge is 0.343 e. The van der Waals surface area contributed by atoms with Crippen LogP contribution in [0.5, 0.6) is 17.2 Å². The summed E-state index contributed by atoms with van der Waals surface area (Å²) in [6, 6.07) is 14.9. The van der Waals surface area contributed by atoms with Crippen LogP contribution < -0.4 is 19.6 Å². The number of pyridine rings is 1. The number of carbonyl (C=O) groups is 2. The van der Waals surface area contributed by atoms with Gasteiger partial charge in [-0.15, -0.1) is 0 Å². The predicted molar refractivity (Wildman–Crippen MR) is 115 cm³/mol. The Hall–Kier alpha value is -4.20. The maximum absolute atomic E-state index is 12.4. The normalized spacial score (nSPS) is 10.5. The molecule has 0 saturated carbocycles. The van der Waals surface area contributed by atoms with Crippen molar-refractivity contribution in [1.82, 2.24) is 10.4 Å². The van der Waals surface area contributed by atoms with E-state index in [4.69, 9.17) is 14.2 Å². The quantitative estimate of drug-likeness (QED) is 0.260. The number of nitrogens with zero attached hydrogens (tertiary/aromatic N) is 2. The molecule has 1 heterocycles. The average molecular weight is 419 g/mol. The van der Waals surface area contributed by atoms with Crippen molar-refractivity contribution in [2.45, 2.75) is 6.92 Å². The van der Waals surface area contributed by atoms with Gasteiger partial charge in [0.2, 0.25) is 0 Å². The number of methoxy groups -OCH3 is 1. The minimum atomic E-state index is -0.520. The van der Waals surface area contributed by atoms with E-state index >= 15 is 0 Å². The van der Waals surface area contributed by atoms with Gasteiger partial charge in [-0.25, -0.2) is 10.2 Å². The fourth-order valence-corrected chi connectivity index (χ4v) is 2.57. The molecule has 0 fully saturated rings. The molecule has 31 heavy (non-hydrogen) atoms. The van der Waals surface area contributed by atoms with Crippen molar-refractivity contribution < 1.29 is 23.8 Å². The first-order valence-corrected chi connectivity index (χ1v) is 9.47. The molecular weight excluding hydrogens is 398 g/mol. The number of carbonyl (C=O) groups excluding carboxylic acids is 2. The zero-order chi connectivity index (χ0) is 22.1. The Labute approximate surface area is 179 Å². The molecule has 0 aliphatic rings. The minimum absolute atomic E-state index is 0.277. The van der Waals surface area contributed by atoms with E-state index in [0.717, 1.165) is 0 Å². The highest BCUT2D eigenvalue weighted by atomic mass is 16.6. The topological polar surface area (TPSA) is 99.1 Å². The predicted octanol–water partition coefficient (Wildman–Crippen LogP) is 3.47. The van der Waals surface area contributed by atoms with Gasteiger partial charge in [-0.05, 0) is 67.1 Å². The molecule has 3 aromatic rings. The fourth-order valence-electron chi connectivity index (χ4n) is 2.57. The molecule has 0 unspecified atom stereocenters. The number of hydrazone groups is 1. The summed E-state index contributed by atoms with van der Waals surface area (Å²) in [5, 5.41) is 3.95. The number of rotatable bonds is 8. The summed E-state index contributed by atoms with van der Waals surface area (Å²) >= 11 is 0. The van der Waals surface area contributed by atoms with Crippen molar-refractivity contribution in [2.75, 3.05) is 13.7 Å². The van der Waals surface area contributed by atoms with Gasteiger partial charge in [0.15, 0.2) is 11.5 Å². The number of benzene rings is 2. The molecule has 0 saturated heterocycles. The zero-order valence-electron chi connectivity index (χ0n) is 17.1. The first-order chi connectivity index (χ1) is 15.1. The van der Waals surface area contributed by atoms with Crippen molar-refractivity contribution in [3.63, 3.8) is 0 Å². The summed E-state index contributed by atoms with van der Waals surface area (Å²) in [5.74, 6) is 0.408. The van der Waals surface area contributed by atoms with Gasteiger partial charge in [-0.3, -0.25) is 9.78 Å². The molecule has 1 amide bonds. The van der Waals surface area contributed by atoms with Crippen LogP contribution in [0.2, 0.25) is 0 Å². The maximum Gasteiger partial charge on any atom is 0.343 e. The zero-order valence-corrected chi connectivity index (χ0v) is 17.1. The van der Waals surface area contributed by atoms with E-state index in [0.29, 0.717) is 34.8 Å². The summed E-state index contributed by atoms with van der Waals surface area (Å²) in [6.07, 6.45) is 4.49. The van der Waals surface area contributed by atoms with Gasteiger partial charge < -0.3 is 14.2 Å². The van der Waals surface area contributed by atoms with E-state index in [2.05, 4.69) is 15.5 Å². The molecule has 8 nitrogen and oxygen atoms in total. The number of hydrogen-bond acceptors (Lipinski definition) is 7. The van der Waals surface area contributed by atoms with Gasteiger partial charge in [-0.1, -0.05) is 0 Å². The van der Waals surface area contributed by atoms with E-state index in [1.165, 1.54) is 12.4 Å². The van der Waals surface area contributed by atoms with Crippen LogP contribution >= 0.6 is 0 Å². The first-order valence-electron chi connectivity index (χ1n) is 9.47. The van der Waals surface area contributed by atoms with Crippen LogP contribution in [0.15, 0.2) is 72.1 Å². The molecule has 0 bridgehead atoms. The molecular formula is C23H21N3O5. The molecule has 8 heteroatoms. The van der Waals surface area contributed by atoms with Crippen molar-refractivity contribution in [3.8, 4) is 17.2 Å². The molecule has 0 spiro atoms. The van der Waals surface area contributed by atoms with E-state index in [-0.39, 0.29) is 11.7 Å². The molecule has 1 N–H and O–H groups in total. The van der Waals surface area contributed by atoms with E-state index in [1.54, 1.807) is 67.9 Å². The van der Waals surface area contributed by atoms with Crippen molar-refractivity contribution in [3.05, 3.63) is 83.7 Å². The second-order valence-electron chi connectivity index (χ2n) is 6.20. The van der Waals surface area contributed by atoms with Crippen molar-refractivity contribution in [2.24, 2.45) is 5.10 Å². The number of hydrogen-bond donors (Lipinski definition) is 1. The van der Waals surface area contributed by atoms with Gasteiger partial charge in [0, 0.05) is 12.4 Å². The average Bonchev–Trinajstić information content (AvgIpc) is 2.81. The Morgan fingerprint density at radius 3 is 2.55 bits per heavy atom. The summed E-state index contributed by atoms with van der Waals surface area (Å²) in [7, 11) is 1.55. The third-order valence-electron chi connectivity index (χ3n) is 4.10. The van der Waals surface area contributed by atoms with Crippen molar-refractivity contribution >= 4 is 18.1 Å². The molecule has 3 rings (SSSR count). The number of ether oxygens (including phenoxy) is 3. The maximum atomic E-state index is 12.4. The Morgan fingerprint density at radius 1 is 1.06 bits per heavy atom. The van der Waals surface area contributed by atoms with Gasteiger partial charge in [0.25, 0.3) is 5.91 Å². The highest BCUT2D eigenvalue weighted by Crippen LogP contribution is 2.29. The number of amides is 1. The highest BCUT2D eigenvalue weighted by molar-refractivity contribution is 5.94. The van der Waals surface area contributed by atoms with Crippen LogP contribution in [0.25, 0.3) is 0 Å². The van der Waals surface area contributed by atoms with Crippen LogP contribution in [0.4, 0.5) is 0 Å². The monoisotopic (exact) mass is 419 g/mol. The minimum Gasteiger partial charge on any atom is -0.497 e. The lowest BCUT2D eigenvalue weighted by Gasteiger charge is -2.11. The van der Waals surface area contributed by atoms with Crippen molar-refractivity contribution in [1.29, 1.82) is 0 Å². The largest absolute Gasteiger partial charge is 0.497 e. The molecule has 1 aromatic heterocycles. The molecule has 158 valence electrons. The first kappa shape index (κ1) is 21.5. The van der Waals surface area contributed by atoms with Gasteiger partial charge >= 0.3 is 5.97 Å². The lowest BCUT2D eigenvalue weighted by atomic mass is 10.2. The highest BCUT2D eigenvalue weighted by Gasteiger charge is 2.13. The van der Waals surface area contributed by atoms with E-state index in [9.17, 15) is 9.59 Å². The lowest BCUT2D eigenvalue weighted by molar-refractivity contribution is 0.0728. The number of nitrogens with one attached hydrogen (secondary N) is 1. The Bertz CT molecular complexity index is 1070. The van der Waals surface area contributed by atoms with Crippen LogP contribution in [0, 0.1) is 0 Å². The standard InChI is InChI=1S/C23H21N3O5/c1-3-30-21-13-16(14-25-26-22(27)18-5-4-12-24-15-18)6-11-20(21)31-23(28)17-7-9-19(29-2)10-8-17/h4-15H,3H2,1-2H3,(H,26,27). The molecule has 0 atom stereocenters. The van der Waals surface area contributed by atoms with Gasteiger partial charge in [0.05, 0.1) is 31.1 Å². The lowest BCUT2D eigenvalue weighted by Crippen LogP contribution is -2.17. The van der Waals surface area contributed by atoms with Crippen LogP contribution in [-0.2, 0) is 0 Å². The Morgan fingerprint density at radius 2 is 1.87 bits per heavy atom. The fraction of sp³-hybridized carbons (Fsp3) is 0.130. The third kappa shape index (κ3) is 5.89. The molecule has 0 radical (unpaired) electrons. The molecule has 2 aromatic carbocycles. The van der Waals surface area contributed by atoms with Gasteiger partial charge in [-0.2, -0.15) is 5.10 Å². The summed E-state index contributed by atoms with van der Waals surface area (Å²) in [4.78, 5) is 28.3. The van der Waals surface area contributed by atoms with Crippen LogP contribution in [0.3, 0.4) is 0 Å². The van der Waals surface area contributed by atoms with Crippen LogP contribution in [-0.4, -0.2) is 36.8 Å².